The third-order valence-electron chi connectivity index (χ3n) is 6.45. The zero-order valence-electron chi connectivity index (χ0n) is 20.3. The summed E-state index contributed by atoms with van der Waals surface area (Å²) < 4.78 is 11.4. The van der Waals surface area contributed by atoms with Gasteiger partial charge in [-0.1, -0.05) is 54.6 Å². The molecule has 0 aromatic heterocycles. The van der Waals surface area contributed by atoms with E-state index in [0.29, 0.717) is 18.5 Å². The number of nitrogen functional groups attached to an aromatic ring is 1. The van der Waals surface area contributed by atoms with Crippen LogP contribution in [0.15, 0.2) is 54.6 Å². The second-order valence-electron chi connectivity index (χ2n) is 9.13. The molecule has 36 heavy (non-hydrogen) atoms. The maximum absolute atomic E-state index is 13.2. The number of carbonyl (C=O) groups is 2. The van der Waals surface area contributed by atoms with Gasteiger partial charge in [-0.3, -0.25) is 24.5 Å². The Kier molecular flexibility index (Phi) is 9.39. The van der Waals surface area contributed by atoms with Gasteiger partial charge in [0.05, 0.1) is 12.2 Å². The van der Waals surface area contributed by atoms with E-state index < -0.39 is 19.7 Å². The van der Waals surface area contributed by atoms with Crippen molar-refractivity contribution in [3.63, 3.8) is 0 Å². The first kappa shape index (κ1) is 27.5. The molecule has 10 nitrogen and oxygen atoms in total. The van der Waals surface area contributed by atoms with E-state index in [2.05, 4.69) is 10.6 Å². The molecule has 0 saturated carbocycles. The Morgan fingerprint density at radius 3 is 2.44 bits per heavy atom. The van der Waals surface area contributed by atoms with Gasteiger partial charge in [0, 0.05) is 18.7 Å². The Balaban J connectivity index is 1.61. The van der Waals surface area contributed by atoms with Crippen molar-refractivity contribution in [1.29, 1.82) is 5.41 Å². The Hall–Kier alpha value is -3.04. The predicted octanol–water partition coefficient (Wildman–Crippen LogP) is 1.52. The minimum absolute atomic E-state index is 0.0334. The molecule has 11 heteroatoms. The van der Waals surface area contributed by atoms with Gasteiger partial charge in [-0.2, -0.15) is 0 Å². The van der Waals surface area contributed by atoms with E-state index in [1.165, 1.54) is 0 Å². The summed E-state index contributed by atoms with van der Waals surface area (Å²) in [6.07, 6.45) is 0.937. The molecule has 0 radical (unpaired) electrons. The monoisotopic (exact) mass is 515 g/mol. The molecule has 1 fully saturated rings. The van der Waals surface area contributed by atoms with E-state index in [1.54, 1.807) is 36.1 Å². The highest BCUT2D eigenvalue weighted by Gasteiger charge is 2.35. The first-order valence-corrected chi connectivity index (χ1v) is 13.7. The molecule has 194 valence electrons. The van der Waals surface area contributed by atoms with Crippen molar-refractivity contribution >= 4 is 25.2 Å². The summed E-state index contributed by atoms with van der Waals surface area (Å²) in [5, 5.41) is 13.0. The van der Waals surface area contributed by atoms with Crippen molar-refractivity contribution in [2.75, 3.05) is 19.3 Å². The molecule has 3 atom stereocenters. The summed E-state index contributed by atoms with van der Waals surface area (Å²) in [6, 6.07) is 15.4. The molecule has 0 unspecified atom stereocenters. The number of nitrogens with two attached hydrogens (primary N) is 1. The Morgan fingerprint density at radius 1 is 1.17 bits per heavy atom. The quantitative estimate of drug-likeness (QED) is 0.158. The highest BCUT2D eigenvalue weighted by Crippen LogP contribution is 2.36. The van der Waals surface area contributed by atoms with Crippen LogP contribution in [0.25, 0.3) is 0 Å². The number of nitrogens with zero attached hydrogens (tertiary/aromatic N) is 1. The topological polar surface area (TPSA) is 169 Å². The van der Waals surface area contributed by atoms with Gasteiger partial charge in [0.1, 0.15) is 11.9 Å². The molecule has 1 heterocycles. The van der Waals surface area contributed by atoms with Gasteiger partial charge in [0.2, 0.25) is 11.8 Å². The number of benzene rings is 2. The lowest BCUT2D eigenvalue weighted by atomic mass is 9.85. The van der Waals surface area contributed by atoms with Crippen LogP contribution in [-0.2, 0) is 20.7 Å². The van der Waals surface area contributed by atoms with E-state index in [1.807, 2.05) is 30.3 Å². The lowest BCUT2D eigenvalue weighted by Crippen LogP contribution is -2.55. The third kappa shape index (κ3) is 7.99. The van der Waals surface area contributed by atoms with E-state index >= 15 is 0 Å². The fourth-order valence-corrected chi connectivity index (χ4v) is 4.88. The largest absolute Gasteiger partial charge is 0.384 e. The van der Waals surface area contributed by atoms with E-state index in [-0.39, 0.29) is 42.8 Å². The van der Waals surface area contributed by atoms with Gasteiger partial charge in [-0.05, 0) is 43.4 Å². The molecule has 2 amide bonds. The van der Waals surface area contributed by atoms with Gasteiger partial charge in [0.15, 0.2) is 0 Å². The number of hydrogen-bond donors (Lipinski definition) is 6. The number of nitrogens with one attached hydrogen (secondary N) is 3. The van der Waals surface area contributed by atoms with Crippen LogP contribution in [0.3, 0.4) is 0 Å². The molecular weight excluding hydrogens is 481 g/mol. The minimum Gasteiger partial charge on any atom is -0.384 e. The average Bonchev–Trinajstić information content (AvgIpc) is 2.86. The SMILES string of the molecule is C[C@H](NC(=O)[C@H]1C[C@@H](c2ccccc2)CCN1CCP(=O)(O)O)C(=O)NCc1ccc(C(=N)N)cc1. The van der Waals surface area contributed by atoms with Crippen molar-refractivity contribution in [1.82, 2.24) is 15.5 Å². The van der Waals surface area contributed by atoms with Crippen LogP contribution in [0, 0.1) is 5.41 Å². The number of rotatable bonds is 10. The molecule has 0 spiro atoms. The number of piperidine rings is 1. The highest BCUT2D eigenvalue weighted by atomic mass is 31.2. The molecule has 0 aliphatic carbocycles. The number of amidine groups is 1. The molecular formula is C25H34N5O5P. The van der Waals surface area contributed by atoms with Gasteiger partial charge in [-0.25, -0.2) is 0 Å². The molecule has 1 aliphatic rings. The first-order chi connectivity index (χ1) is 17.0. The number of amides is 2. The second-order valence-corrected chi connectivity index (χ2v) is 10.9. The molecule has 7 N–H and O–H groups in total. The van der Waals surface area contributed by atoms with Crippen molar-refractivity contribution in [2.24, 2.45) is 5.73 Å². The molecule has 1 aliphatic heterocycles. The van der Waals surface area contributed by atoms with Crippen LogP contribution in [0.4, 0.5) is 0 Å². The summed E-state index contributed by atoms with van der Waals surface area (Å²) >= 11 is 0. The average molecular weight is 516 g/mol. The fraction of sp³-hybridized carbons (Fsp3) is 0.400. The van der Waals surface area contributed by atoms with Crippen LogP contribution < -0.4 is 16.4 Å². The lowest BCUT2D eigenvalue weighted by Gasteiger charge is -2.39. The van der Waals surface area contributed by atoms with E-state index in [0.717, 1.165) is 17.5 Å². The zero-order chi connectivity index (χ0) is 26.3. The number of hydrogen-bond acceptors (Lipinski definition) is 5. The Morgan fingerprint density at radius 2 is 1.83 bits per heavy atom. The molecule has 2 aromatic carbocycles. The van der Waals surface area contributed by atoms with E-state index in [4.69, 9.17) is 11.1 Å². The van der Waals surface area contributed by atoms with Crippen LogP contribution in [-0.4, -0.2) is 63.7 Å². The zero-order valence-corrected chi connectivity index (χ0v) is 21.2. The van der Waals surface area contributed by atoms with Crippen molar-refractivity contribution in [2.45, 2.75) is 44.3 Å². The van der Waals surface area contributed by atoms with Gasteiger partial charge in [-0.15, -0.1) is 0 Å². The van der Waals surface area contributed by atoms with Crippen LogP contribution in [0.2, 0.25) is 0 Å². The van der Waals surface area contributed by atoms with Crippen LogP contribution >= 0.6 is 7.60 Å². The Labute approximate surface area is 210 Å². The molecule has 0 bridgehead atoms. The first-order valence-electron chi connectivity index (χ1n) is 11.9. The fourth-order valence-electron chi connectivity index (χ4n) is 4.36. The van der Waals surface area contributed by atoms with Crippen molar-refractivity contribution < 1.29 is 23.9 Å². The number of carbonyl (C=O) groups excluding carboxylic acids is 2. The van der Waals surface area contributed by atoms with Gasteiger partial charge in [0.25, 0.3) is 0 Å². The normalized spacial score (nSPS) is 19.3. The standard InChI is InChI=1S/C25H34N5O5P/c1-17(24(31)28-16-18-7-9-20(10-8-18)23(26)27)29-25(32)22-15-21(19-5-3-2-4-6-19)11-12-30(22)13-14-36(33,34)35/h2-10,17,21-22H,11-16H2,1H3,(H3,26,27)(H,28,31)(H,29,32)(H2,33,34,35)/t17-,21-,22+/m0/s1. The summed E-state index contributed by atoms with van der Waals surface area (Å²) in [6.45, 7) is 2.48. The highest BCUT2D eigenvalue weighted by molar-refractivity contribution is 7.51. The van der Waals surface area contributed by atoms with Crippen molar-refractivity contribution in [3.05, 3.63) is 71.3 Å². The smallest absolute Gasteiger partial charge is 0.326 e. The van der Waals surface area contributed by atoms with Gasteiger partial charge >= 0.3 is 7.60 Å². The summed E-state index contributed by atoms with van der Waals surface area (Å²) in [5.74, 6) is -0.588. The van der Waals surface area contributed by atoms with E-state index in [9.17, 15) is 23.9 Å². The van der Waals surface area contributed by atoms with Crippen molar-refractivity contribution in [3.8, 4) is 0 Å². The van der Waals surface area contributed by atoms with Crippen LogP contribution in [0.5, 0.6) is 0 Å². The molecule has 2 aromatic rings. The third-order valence-corrected chi connectivity index (χ3v) is 7.23. The summed E-state index contributed by atoms with van der Waals surface area (Å²) in [4.78, 5) is 46.3. The Bertz CT molecular complexity index is 1110. The number of likely N-dealkylation sites (tertiary alicyclic amines) is 1. The minimum atomic E-state index is -4.21. The summed E-state index contributed by atoms with van der Waals surface area (Å²) in [7, 11) is -4.21. The lowest BCUT2D eigenvalue weighted by molar-refractivity contribution is -0.132. The maximum Gasteiger partial charge on any atom is 0.326 e. The predicted molar refractivity (Wildman–Crippen MR) is 138 cm³/mol. The van der Waals surface area contributed by atoms with Crippen LogP contribution in [0.1, 0.15) is 42.4 Å². The maximum atomic E-state index is 13.2. The summed E-state index contributed by atoms with van der Waals surface area (Å²) in [5.41, 5.74) is 7.99. The second kappa shape index (κ2) is 12.3. The van der Waals surface area contributed by atoms with Gasteiger partial charge < -0.3 is 26.2 Å². The molecule has 3 rings (SSSR count). The molecule has 1 saturated heterocycles.